The van der Waals surface area contributed by atoms with Crippen LogP contribution >= 0.6 is 0 Å². The molecule has 3 rings (SSSR count). The summed E-state index contributed by atoms with van der Waals surface area (Å²) in [6.45, 7) is 3.55. The molecule has 0 unspecified atom stereocenters. The van der Waals surface area contributed by atoms with Crippen LogP contribution in [0.2, 0.25) is 0 Å². The number of rotatable bonds is 5. The minimum Gasteiger partial charge on any atom is -0.323 e. The summed E-state index contributed by atoms with van der Waals surface area (Å²) in [5.41, 5.74) is 2.52. The van der Waals surface area contributed by atoms with Crippen molar-refractivity contribution in [2.75, 3.05) is 29.9 Å². The molecule has 2 N–H and O–H groups in total. The van der Waals surface area contributed by atoms with Gasteiger partial charge in [-0.3, -0.25) is 19.2 Å². The predicted molar refractivity (Wildman–Crippen MR) is 87.3 cm³/mol. The lowest BCUT2D eigenvalue weighted by atomic mass is 10.2. The quantitative estimate of drug-likeness (QED) is 0.799. The minimum absolute atomic E-state index is 0.0515. The summed E-state index contributed by atoms with van der Waals surface area (Å²) in [5.74, 6) is -0.298. The van der Waals surface area contributed by atoms with Gasteiger partial charge in [0.2, 0.25) is 11.8 Å². The molecule has 120 valence electrons. The zero-order chi connectivity index (χ0) is 16.2. The van der Waals surface area contributed by atoms with Crippen molar-refractivity contribution < 1.29 is 9.59 Å². The summed E-state index contributed by atoms with van der Waals surface area (Å²) < 4.78 is 1.83. The first-order chi connectivity index (χ1) is 11.1. The van der Waals surface area contributed by atoms with Crippen LogP contribution in [0.5, 0.6) is 0 Å². The Hall–Kier alpha value is -2.67. The number of aromatic nitrogens is 2. The number of hydrogen-bond acceptors (Lipinski definition) is 4. The highest BCUT2D eigenvalue weighted by Crippen LogP contribution is 2.28. The molecule has 1 aliphatic heterocycles. The van der Waals surface area contributed by atoms with Gasteiger partial charge in [-0.25, -0.2) is 0 Å². The van der Waals surface area contributed by atoms with Crippen LogP contribution in [-0.2, 0) is 16.1 Å². The van der Waals surface area contributed by atoms with Gasteiger partial charge in [0.05, 0.1) is 30.7 Å². The molecule has 0 fully saturated rings. The fraction of sp³-hybridized carbons (Fsp3) is 0.312. The predicted octanol–water partition coefficient (Wildman–Crippen LogP) is 0.766. The highest BCUT2D eigenvalue weighted by Gasteiger charge is 2.25. The number of nitrogens with zero attached hydrogens (tertiary/aromatic N) is 3. The lowest BCUT2D eigenvalue weighted by molar-refractivity contribution is -0.121. The number of hydrogen-bond donors (Lipinski definition) is 2. The van der Waals surface area contributed by atoms with E-state index in [9.17, 15) is 9.59 Å². The Bertz CT molecular complexity index is 725. The number of carbonyl (C=O) groups excluding carboxylic acids is 2. The molecule has 1 aliphatic rings. The molecule has 7 heteroatoms. The summed E-state index contributed by atoms with van der Waals surface area (Å²) >= 11 is 0. The van der Waals surface area contributed by atoms with Gasteiger partial charge in [-0.05, 0) is 24.6 Å². The molecule has 7 nitrogen and oxygen atoms in total. The van der Waals surface area contributed by atoms with Gasteiger partial charge in [0, 0.05) is 12.7 Å². The number of anilines is 2. The number of amides is 2. The number of benzene rings is 1. The Kier molecular flexibility index (Phi) is 4.38. The molecule has 0 aliphatic carbocycles. The summed E-state index contributed by atoms with van der Waals surface area (Å²) in [4.78, 5) is 25.6. The zero-order valence-electron chi connectivity index (χ0n) is 13.0. The van der Waals surface area contributed by atoms with E-state index in [1.807, 2.05) is 36.0 Å². The third-order valence-corrected chi connectivity index (χ3v) is 3.63. The van der Waals surface area contributed by atoms with Gasteiger partial charge in [-0.15, -0.1) is 0 Å². The van der Waals surface area contributed by atoms with Crippen LogP contribution in [0.15, 0.2) is 36.7 Å². The van der Waals surface area contributed by atoms with Gasteiger partial charge in [-0.2, -0.15) is 5.10 Å². The van der Waals surface area contributed by atoms with E-state index in [0.29, 0.717) is 18.8 Å². The fourth-order valence-corrected chi connectivity index (χ4v) is 2.53. The zero-order valence-corrected chi connectivity index (χ0v) is 13.0. The largest absolute Gasteiger partial charge is 0.323 e. The number of nitrogens with one attached hydrogen (secondary N) is 2. The highest BCUT2D eigenvalue weighted by atomic mass is 16.2. The lowest BCUT2D eigenvalue weighted by Gasteiger charge is -2.29. The first-order valence-electron chi connectivity index (χ1n) is 7.52. The second kappa shape index (κ2) is 6.62. The van der Waals surface area contributed by atoms with Crippen LogP contribution in [-0.4, -0.2) is 41.2 Å². The normalized spacial score (nSPS) is 13.6. The first kappa shape index (κ1) is 15.2. The van der Waals surface area contributed by atoms with Crippen molar-refractivity contribution in [2.24, 2.45) is 0 Å². The maximum Gasteiger partial charge on any atom is 0.244 e. The SMILES string of the molecule is Cc1cnn(CCNCC(=O)N2CC(=O)Nc3ccccc32)c1. The number of carbonyl (C=O) groups is 2. The topological polar surface area (TPSA) is 79.3 Å². The lowest BCUT2D eigenvalue weighted by Crippen LogP contribution is -2.46. The summed E-state index contributed by atoms with van der Waals surface area (Å²) in [6.07, 6.45) is 3.75. The number of aryl methyl sites for hydroxylation is 1. The molecule has 0 saturated carbocycles. The van der Waals surface area contributed by atoms with Crippen LogP contribution in [0.4, 0.5) is 11.4 Å². The summed E-state index contributed by atoms with van der Waals surface area (Å²) in [7, 11) is 0. The maximum absolute atomic E-state index is 12.4. The Morgan fingerprint density at radius 2 is 2.22 bits per heavy atom. The molecular weight excluding hydrogens is 294 g/mol. The second-order valence-electron chi connectivity index (χ2n) is 5.50. The van der Waals surface area contributed by atoms with Crippen molar-refractivity contribution in [3.05, 3.63) is 42.2 Å². The average Bonchev–Trinajstić information content (AvgIpc) is 2.96. The summed E-state index contributed by atoms with van der Waals surface area (Å²) in [5, 5.41) is 10.1. The molecule has 0 spiro atoms. The Labute approximate surface area is 134 Å². The standard InChI is InChI=1S/C16H19N5O2/c1-12-8-18-20(10-12)7-6-17-9-16(23)21-11-15(22)19-13-4-2-3-5-14(13)21/h2-5,8,10,17H,6-7,9,11H2,1H3,(H,19,22). The van der Waals surface area contributed by atoms with Crippen LogP contribution in [0.3, 0.4) is 0 Å². The van der Waals surface area contributed by atoms with E-state index in [1.54, 1.807) is 12.3 Å². The molecule has 1 aromatic carbocycles. The van der Waals surface area contributed by atoms with E-state index in [0.717, 1.165) is 11.3 Å². The van der Waals surface area contributed by atoms with Crippen molar-refractivity contribution in [1.82, 2.24) is 15.1 Å². The van der Waals surface area contributed by atoms with Crippen molar-refractivity contribution in [2.45, 2.75) is 13.5 Å². The molecule has 0 radical (unpaired) electrons. The van der Waals surface area contributed by atoms with Crippen LogP contribution in [0.1, 0.15) is 5.56 Å². The Morgan fingerprint density at radius 1 is 1.39 bits per heavy atom. The average molecular weight is 313 g/mol. The van der Waals surface area contributed by atoms with Gasteiger partial charge in [0.15, 0.2) is 0 Å². The molecule has 2 heterocycles. The van der Waals surface area contributed by atoms with Gasteiger partial charge in [0.25, 0.3) is 0 Å². The number of fused-ring (bicyclic) bond motifs is 1. The molecule has 23 heavy (non-hydrogen) atoms. The molecule has 0 bridgehead atoms. The van der Waals surface area contributed by atoms with Crippen molar-refractivity contribution in [1.29, 1.82) is 0 Å². The first-order valence-corrected chi connectivity index (χ1v) is 7.52. The fourth-order valence-electron chi connectivity index (χ4n) is 2.53. The summed E-state index contributed by atoms with van der Waals surface area (Å²) in [6, 6.07) is 7.31. The van der Waals surface area contributed by atoms with E-state index >= 15 is 0 Å². The third kappa shape index (κ3) is 3.57. The van der Waals surface area contributed by atoms with Gasteiger partial charge in [-0.1, -0.05) is 12.1 Å². The van der Waals surface area contributed by atoms with Gasteiger partial charge >= 0.3 is 0 Å². The van der Waals surface area contributed by atoms with Crippen molar-refractivity contribution >= 4 is 23.2 Å². The maximum atomic E-state index is 12.4. The van der Waals surface area contributed by atoms with Crippen LogP contribution in [0.25, 0.3) is 0 Å². The monoisotopic (exact) mass is 313 g/mol. The Balaban J connectivity index is 1.55. The van der Waals surface area contributed by atoms with Crippen molar-refractivity contribution in [3.8, 4) is 0 Å². The molecule has 0 saturated heterocycles. The smallest absolute Gasteiger partial charge is 0.244 e. The van der Waals surface area contributed by atoms with E-state index in [4.69, 9.17) is 0 Å². The van der Waals surface area contributed by atoms with Crippen LogP contribution in [0, 0.1) is 6.92 Å². The molecular formula is C16H19N5O2. The van der Waals surface area contributed by atoms with Crippen molar-refractivity contribution in [3.63, 3.8) is 0 Å². The van der Waals surface area contributed by atoms with Gasteiger partial charge < -0.3 is 10.6 Å². The Morgan fingerprint density at radius 3 is 3.00 bits per heavy atom. The third-order valence-electron chi connectivity index (χ3n) is 3.63. The van der Waals surface area contributed by atoms with E-state index in [2.05, 4.69) is 15.7 Å². The highest BCUT2D eigenvalue weighted by molar-refractivity contribution is 6.10. The molecule has 1 aromatic heterocycles. The number of para-hydroxylation sites is 2. The van der Waals surface area contributed by atoms with E-state index in [-0.39, 0.29) is 24.9 Å². The van der Waals surface area contributed by atoms with E-state index in [1.165, 1.54) is 4.90 Å². The van der Waals surface area contributed by atoms with Crippen LogP contribution < -0.4 is 15.5 Å². The molecule has 0 atom stereocenters. The molecule has 2 aromatic rings. The second-order valence-corrected chi connectivity index (χ2v) is 5.50. The molecule has 2 amide bonds. The van der Waals surface area contributed by atoms with Gasteiger partial charge in [0.1, 0.15) is 6.54 Å². The van der Waals surface area contributed by atoms with E-state index < -0.39 is 0 Å². The minimum atomic E-state index is -0.177.